The average molecular weight is 212 g/mol. The number of nitrogens with zero attached hydrogens (tertiary/aromatic N) is 1. The first-order valence-corrected chi connectivity index (χ1v) is 3.39. The number of hydrogen-bond acceptors (Lipinski definition) is 2. The molecule has 2 nitrogen and oxygen atoms in total. The van der Waals surface area contributed by atoms with E-state index in [-0.39, 0.29) is 35.1 Å². The molecule has 0 heterocycles. The van der Waals surface area contributed by atoms with E-state index in [9.17, 15) is 13.2 Å². The summed E-state index contributed by atoms with van der Waals surface area (Å²) in [5.41, 5.74) is -0.553. The zero-order valence-electron chi connectivity index (χ0n) is 7.42. The summed E-state index contributed by atoms with van der Waals surface area (Å²) in [6, 6.07) is 4.52. The van der Waals surface area contributed by atoms with Crippen LogP contribution in [0.3, 0.4) is 0 Å². The van der Waals surface area contributed by atoms with Gasteiger partial charge in [-0.1, -0.05) is 17.3 Å². The van der Waals surface area contributed by atoms with Gasteiger partial charge in [-0.15, -0.1) is 0 Å². The topological polar surface area (TPSA) is 32.6 Å². The molecule has 6 heteroatoms. The van der Waals surface area contributed by atoms with Crippen LogP contribution < -0.4 is 29.6 Å². The molecule has 0 aliphatic heterocycles. The summed E-state index contributed by atoms with van der Waals surface area (Å²) in [7, 11) is 0. The van der Waals surface area contributed by atoms with E-state index < -0.39 is 11.7 Å². The molecule has 0 fully saturated rings. The van der Waals surface area contributed by atoms with Crippen LogP contribution in [0.1, 0.15) is 11.1 Å². The molecule has 0 aliphatic rings. The van der Waals surface area contributed by atoms with Gasteiger partial charge in [-0.05, 0) is 17.7 Å². The number of rotatable bonds is 1. The molecule has 0 spiro atoms. The zero-order chi connectivity index (χ0) is 9.90. The Labute approximate surface area is 101 Å². The standard InChI is InChI=1S/C8H6F3NO.Na/c9-8(10,11)7-3-1-2-6(4-7)5-12-13;/h1-5,13H;/q;+1/b12-5+;. The van der Waals surface area contributed by atoms with Crippen LogP contribution in [0.4, 0.5) is 13.2 Å². The van der Waals surface area contributed by atoms with Gasteiger partial charge in [0.2, 0.25) is 0 Å². The van der Waals surface area contributed by atoms with Crippen molar-refractivity contribution in [1.29, 1.82) is 0 Å². The number of oxime groups is 1. The average Bonchev–Trinajstić information content (AvgIpc) is 2.04. The van der Waals surface area contributed by atoms with Crippen molar-refractivity contribution < 1.29 is 47.9 Å². The fraction of sp³-hybridized carbons (Fsp3) is 0.125. The molecule has 0 atom stereocenters. The fourth-order valence-corrected chi connectivity index (χ4v) is 0.862. The predicted molar refractivity (Wildman–Crippen MR) is 40.8 cm³/mol. The van der Waals surface area contributed by atoms with Crippen molar-refractivity contribution >= 4 is 6.21 Å². The van der Waals surface area contributed by atoms with Crippen LogP contribution in [-0.4, -0.2) is 11.4 Å². The Kier molecular flexibility index (Phi) is 5.18. The quantitative estimate of drug-likeness (QED) is 0.290. The van der Waals surface area contributed by atoms with Crippen molar-refractivity contribution in [2.24, 2.45) is 5.16 Å². The Morgan fingerprint density at radius 3 is 2.43 bits per heavy atom. The summed E-state index contributed by atoms with van der Waals surface area (Å²) in [6.45, 7) is 0. The van der Waals surface area contributed by atoms with Crippen molar-refractivity contribution in [1.82, 2.24) is 0 Å². The molecular weight excluding hydrogens is 206 g/mol. The summed E-state index contributed by atoms with van der Waals surface area (Å²) in [5, 5.41) is 10.7. The minimum atomic E-state index is -4.36. The van der Waals surface area contributed by atoms with Gasteiger partial charge in [0.25, 0.3) is 0 Å². The van der Waals surface area contributed by atoms with Gasteiger partial charge in [0.15, 0.2) is 0 Å². The number of benzene rings is 1. The van der Waals surface area contributed by atoms with E-state index in [0.29, 0.717) is 0 Å². The minimum Gasteiger partial charge on any atom is -0.411 e. The van der Waals surface area contributed by atoms with Gasteiger partial charge < -0.3 is 5.21 Å². The van der Waals surface area contributed by atoms with Gasteiger partial charge in [-0.25, -0.2) is 0 Å². The second kappa shape index (κ2) is 5.38. The van der Waals surface area contributed by atoms with Gasteiger partial charge >= 0.3 is 35.7 Å². The Morgan fingerprint density at radius 1 is 1.29 bits per heavy atom. The van der Waals surface area contributed by atoms with Gasteiger partial charge in [0.1, 0.15) is 0 Å². The zero-order valence-corrected chi connectivity index (χ0v) is 9.42. The van der Waals surface area contributed by atoms with E-state index in [1.54, 1.807) is 0 Å². The maximum atomic E-state index is 12.1. The molecule has 0 radical (unpaired) electrons. The molecule has 0 aromatic heterocycles. The van der Waals surface area contributed by atoms with Crippen molar-refractivity contribution in [2.75, 3.05) is 0 Å². The van der Waals surface area contributed by atoms with Gasteiger partial charge in [0, 0.05) is 0 Å². The second-order valence-corrected chi connectivity index (χ2v) is 2.37. The molecule has 0 unspecified atom stereocenters. The van der Waals surface area contributed by atoms with E-state index >= 15 is 0 Å². The molecular formula is C8H6F3NNaO+. The fourth-order valence-electron chi connectivity index (χ4n) is 0.862. The largest absolute Gasteiger partial charge is 1.00 e. The van der Waals surface area contributed by atoms with Crippen LogP contribution in [0.15, 0.2) is 29.4 Å². The Balaban J connectivity index is 0.00000169. The molecule has 0 aliphatic carbocycles. The molecule has 0 amide bonds. The molecule has 1 rings (SSSR count). The number of halogens is 3. The van der Waals surface area contributed by atoms with Crippen molar-refractivity contribution in [2.45, 2.75) is 6.18 Å². The smallest absolute Gasteiger partial charge is 0.411 e. The molecule has 0 bridgehead atoms. The Morgan fingerprint density at radius 2 is 1.93 bits per heavy atom. The van der Waals surface area contributed by atoms with E-state index in [1.165, 1.54) is 12.1 Å². The predicted octanol–water partition coefficient (Wildman–Crippen LogP) is -0.483. The summed E-state index contributed by atoms with van der Waals surface area (Å²) >= 11 is 0. The molecule has 1 N–H and O–H groups in total. The maximum absolute atomic E-state index is 12.1. The summed E-state index contributed by atoms with van der Waals surface area (Å²) in [5.74, 6) is 0. The molecule has 0 saturated heterocycles. The van der Waals surface area contributed by atoms with Crippen LogP contribution in [0, 0.1) is 0 Å². The van der Waals surface area contributed by atoms with E-state index in [4.69, 9.17) is 5.21 Å². The second-order valence-electron chi connectivity index (χ2n) is 2.37. The van der Waals surface area contributed by atoms with Crippen molar-refractivity contribution in [3.05, 3.63) is 35.4 Å². The first-order valence-electron chi connectivity index (χ1n) is 3.39. The Bertz CT molecular complexity index is 325. The Hall–Kier alpha value is -0.520. The third-order valence-corrected chi connectivity index (χ3v) is 1.42. The van der Waals surface area contributed by atoms with Crippen LogP contribution in [0.2, 0.25) is 0 Å². The number of alkyl halides is 3. The molecule has 1 aromatic rings. The van der Waals surface area contributed by atoms with E-state index in [1.807, 2.05) is 0 Å². The van der Waals surface area contributed by atoms with Crippen LogP contribution in [-0.2, 0) is 6.18 Å². The van der Waals surface area contributed by atoms with E-state index in [2.05, 4.69) is 5.16 Å². The number of hydrogen-bond donors (Lipinski definition) is 1. The third-order valence-electron chi connectivity index (χ3n) is 1.42. The molecule has 70 valence electrons. The third kappa shape index (κ3) is 3.69. The summed E-state index contributed by atoms with van der Waals surface area (Å²) in [6.07, 6.45) is -3.42. The van der Waals surface area contributed by atoms with Gasteiger partial charge in [-0.2, -0.15) is 13.2 Å². The molecule has 1 aromatic carbocycles. The van der Waals surface area contributed by atoms with E-state index in [0.717, 1.165) is 18.3 Å². The van der Waals surface area contributed by atoms with Crippen LogP contribution in [0.25, 0.3) is 0 Å². The van der Waals surface area contributed by atoms with Gasteiger partial charge in [0.05, 0.1) is 11.8 Å². The van der Waals surface area contributed by atoms with Gasteiger partial charge in [-0.3, -0.25) is 0 Å². The first-order chi connectivity index (χ1) is 6.04. The van der Waals surface area contributed by atoms with Crippen molar-refractivity contribution in [3.63, 3.8) is 0 Å². The van der Waals surface area contributed by atoms with Crippen molar-refractivity contribution in [3.8, 4) is 0 Å². The summed E-state index contributed by atoms with van der Waals surface area (Å²) < 4.78 is 36.3. The first kappa shape index (κ1) is 13.5. The molecule has 14 heavy (non-hydrogen) atoms. The minimum absolute atomic E-state index is 0. The molecule has 0 saturated carbocycles. The van der Waals surface area contributed by atoms with Crippen LogP contribution >= 0.6 is 0 Å². The SMILES string of the molecule is O/N=C/c1cccc(C(F)(F)F)c1.[Na+]. The maximum Gasteiger partial charge on any atom is 1.00 e. The van der Waals surface area contributed by atoms with Crippen LogP contribution in [0.5, 0.6) is 0 Å². The summed E-state index contributed by atoms with van der Waals surface area (Å²) in [4.78, 5) is 0. The normalized spacial score (nSPS) is 11.4. The monoisotopic (exact) mass is 212 g/mol.